The van der Waals surface area contributed by atoms with E-state index in [2.05, 4.69) is 6.58 Å². The standard InChI is InChI=1S/C13H18O2/c1-11(2)8-13(14)10-15-9-12-6-4-3-5-7-12/h3-7,13-14H,1,8-10H2,2H3/t13-/m0/s1. The van der Waals surface area contributed by atoms with Crippen molar-refractivity contribution in [2.24, 2.45) is 0 Å². The van der Waals surface area contributed by atoms with Crippen LogP contribution in [0.25, 0.3) is 0 Å². The number of benzene rings is 1. The van der Waals surface area contributed by atoms with Crippen LogP contribution in [0, 0.1) is 0 Å². The zero-order valence-electron chi connectivity index (χ0n) is 9.15. The summed E-state index contributed by atoms with van der Waals surface area (Å²) < 4.78 is 5.39. The van der Waals surface area contributed by atoms with E-state index in [-0.39, 0.29) is 0 Å². The first-order chi connectivity index (χ1) is 7.18. The average Bonchev–Trinajstić information content (AvgIpc) is 2.18. The minimum absolute atomic E-state index is 0.363. The van der Waals surface area contributed by atoms with E-state index < -0.39 is 6.10 Å². The summed E-state index contributed by atoms with van der Waals surface area (Å²) in [7, 11) is 0. The Labute approximate surface area is 91.2 Å². The molecule has 0 saturated heterocycles. The van der Waals surface area contributed by atoms with E-state index in [0.717, 1.165) is 11.1 Å². The van der Waals surface area contributed by atoms with Crippen LogP contribution in [-0.4, -0.2) is 17.8 Å². The summed E-state index contributed by atoms with van der Waals surface area (Å²) in [6.07, 6.45) is 0.167. The molecule has 2 nitrogen and oxygen atoms in total. The summed E-state index contributed by atoms with van der Waals surface area (Å²) >= 11 is 0. The Hall–Kier alpha value is -1.12. The maximum atomic E-state index is 9.51. The van der Waals surface area contributed by atoms with Crippen molar-refractivity contribution in [3.8, 4) is 0 Å². The molecule has 0 spiro atoms. The van der Waals surface area contributed by atoms with Gasteiger partial charge in [-0.05, 0) is 18.9 Å². The van der Waals surface area contributed by atoms with E-state index in [4.69, 9.17) is 4.74 Å². The van der Waals surface area contributed by atoms with E-state index in [1.54, 1.807) is 0 Å². The lowest BCUT2D eigenvalue weighted by atomic mass is 10.1. The minimum atomic E-state index is -0.439. The van der Waals surface area contributed by atoms with Crippen molar-refractivity contribution >= 4 is 0 Å². The molecule has 1 rings (SSSR count). The predicted octanol–water partition coefficient (Wildman–Crippen LogP) is 2.53. The van der Waals surface area contributed by atoms with Gasteiger partial charge in [-0.25, -0.2) is 0 Å². The molecule has 0 amide bonds. The van der Waals surface area contributed by atoms with Gasteiger partial charge in [0.15, 0.2) is 0 Å². The van der Waals surface area contributed by atoms with Crippen molar-refractivity contribution in [2.45, 2.75) is 26.1 Å². The molecule has 0 bridgehead atoms. The molecule has 15 heavy (non-hydrogen) atoms. The van der Waals surface area contributed by atoms with Gasteiger partial charge in [0.05, 0.1) is 19.3 Å². The fraction of sp³-hybridized carbons (Fsp3) is 0.385. The molecule has 1 aromatic rings. The summed E-state index contributed by atoms with van der Waals surface area (Å²) in [5.74, 6) is 0. The zero-order valence-corrected chi connectivity index (χ0v) is 9.15. The Morgan fingerprint density at radius 3 is 2.67 bits per heavy atom. The molecule has 1 N–H and O–H groups in total. The molecular weight excluding hydrogens is 188 g/mol. The third-order valence-electron chi connectivity index (χ3n) is 2.01. The lowest BCUT2D eigenvalue weighted by Gasteiger charge is -2.10. The monoisotopic (exact) mass is 206 g/mol. The van der Waals surface area contributed by atoms with Gasteiger partial charge in [-0.15, -0.1) is 6.58 Å². The third-order valence-corrected chi connectivity index (χ3v) is 2.01. The summed E-state index contributed by atoms with van der Waals surface area (Å²) in [5, 5.41) is 9.51. The Kier molecular flexibility index (Phi) is 5.08. The Morgan fingerprint density at radius 1 is 1.40 bits per heavy atom. The number of aliphatic hydroxyl groups excluding tert-OH is 1. The first kappa shape index (κ1) is 12.0. The predicted molar refractivity (Wildman–Crippen MR) is 61.5 cm³/mol. The third kappa shape index (κ3) is 5.35. The van der Waals surface area contributed by atoms with Crippen molar-refractivity contribution in [2.75, 3.05) is 6.61 Å². The maximum absolute atomic E-state index is 9.51. The molecule has 0 saturated carbocycles. The second kappa shape index (κ2) is 6.38. The summed E-state index contributed by atoms with van der Waals surface area (Å²) in [6.45, 7) is 6.56. The number of hydrogen-bond donors (Lipinski definition) is 1. The lowest BCUT2D eigenvalue weighted by Crippen LogP contribution is -2.15. The van der Waals surface area contributed by atoms with Crippen LogP contribution in [0.5, 0.6) is 0 Å². The smallest absolute Gasteiger partial charge is 0.0810 e. The second-order valence-corrected chi connectivity index (χ2v) is 3.82. The molecule has 0 aliphatic heterocycles. The Bertz CT molecular complexity index is 293. The topological polar surface area (TPSA) is 29.5 Å². The van der Waals surface area contributed by atoms with E-state index in [9.17, 15) is 5.11 Å². The quantitative estimate of drug-likeness (QED) is 0.725. The maximum Gasteiger partial charge on any atom is 0.0810 e. The SMILES string of the molecule is C=C(C)C[C@H](O)COCc1ccccc1. The first-order valence-corrected chi connectivity index (χ1v) is 5.12. The summed E-state index contributed by atoms with van der Waals surface area (Å²) in [6, 6.07) is 9.93. The fourth-order valence-electron chi connectivity index (χ4n) is 1.35. The van der Waals surface area contributed by atoms with E-state index in [1.807, 2.05) is 37.3 Å². The van der Waals surface area contributed by atoms with Crippen LogP contribution in [-0.2, 0) is 11.3 Å². The fourth-order valence-corrected chi connectivity index (χ4v) is 1.35. The molecule has 1 aromatic carbocycles. The Morgan fingerprint density at radius 2 is 2.07 bits per heavy atom. The highest BCUT2D eigenvalue weighted by Gasteiger charge is 2.03. The van der Waals surface area contributed by atoms with E-state index in [0.29, 0.717) is 19.6 Å². The van der Waals surface area contributed by atoms with Crippen LogP contribution in [0.1, 0.15) is 18.9 Å². The van der Waals surface area contributed by atoms with Crippen molar-refractivity contribution in [1.29, 1.82) is 0 Å². The lowest BCUT2D eigenvalue weighted by molar-refractivity contribution is 0.0289. The highest BCUT2D eigenvalue weighted by atomic mass is 16.5. The molecule has 0 aromatic heterocycles. The van der Waals surface area contributed by atoms with Crippen LogP contribution >= 0.6 is 0 Å². The molecular formula is C13H18O2. The van der Waals surface area contributed by atoms with E-state index >= 15 is 0 Å². The highest BCUT2D eigenvalue weighted by Crippen LogP contribution is 2.05. The van der Waals surface area contributed by atoms with Crippen molar-refractivity contribution < 1.29 is 9.84 Å². The number of aliphatic hydroxyl groups is 1. The van der Waals surface area contributed by atoms with Crippen LogP contribution in [0.15, 0.2) is 42.5 Å². The number of hydrogen-bond acceptors (Lipinski definition) is 2. The minimum Gasteiger partial charge on any atom is -0.390 e. The van der Waals surface area contributed by atoms with E-state index in [1.165, 1.54) is 0 Å². The van der Waals surface area contributed by atoms with Crippen LogP contribution < -0.4 is 0 Å². The molecule has 0 fully saturated rings. The van der Waals surface area contributed by atoms with Gasteiger partial charge in [0.1, 0.15) is 0 Å². The average molecular weight is 206 g/mol. The summed E-state index contributed by atoms with van der Waals surface area (Å²) in [4.78, 5) is 0. The molecule has 0 radical (unpaired) electrons. The van der Waals surface area contributed by atoms with Gasteiger partial charge < -0.3 is 9.84 Å². The molecule has 0 aliphatic carbocycles. The summed E-state index contributed by atoms with van der Waals surface area (Å²) in [5.41, 5.74) is 2.10. The molecule has 82 valence electrons. The van der Waals surface area contributed by atoms with Gasteiger partial charge in [0.25, 0.3) is 0 Å². The van der Waals surface area contributed by atoms with Crippen molar-refractivity contribution in [1.82, 2.24) is 0 Å². The van der Waals surface area contributed by atoms with Gasteiger partial charge in [-0.2, -0.15) is 0 Å². The molecule has 1 atom stereocenters. The van der Waals surface area contributed by atoms with Crippen molar-refractivity contribution in [3.63, 3.8) is 0 Å². The van der Waals surface area contributed by atoms with Gasteiger partial charge in [-0.1, -0.05) is 35.9 Å². The van der Waals surface area contributed by atoms with Crippen molar-refractivity contribution in [3.05, 3.63) is 48.0 Å². The Balaban J connectivity index is 2.19. The van der Waals surface area contributed by atoms with Crippen LogP contribution in [0.4, 0.5) is 0 Å². The van der Waals surface area contributed by atoms with Gasteiger partial charge in [-0.3, -0.25) is 0 Å². The van der Waals surface area contributed by atoms with Gasteiger partial charge in [0.2, 0.25) is 0 Å². The molecule has 0 aliphatic rings. The van der Waals surface area contributed by atoms with Gasteiger partial charge in [0, 0.05) is 0 Å². The van der Waals surface area contributed by atoms with Gasteiger partial charge >= 0.3 is 0 Å². The normalized spacial score (nSPS) is 12.4. The number of ether oxygens (including phenoxy) is 1. The van der Waals surface area contributed by atoms with Crippen LogP contribution in [0.2, 0.25) is 0 Å². The molecule has 0 unspecified atom stereocenters. The molecule has 2 heteroatoms. The number of rotatable bonds is 6. The largest absolute Gasteiger partial charge is 0.390 e. The highest BCUT2D eigenvalue weighted by molar-refractivity contribution is 5.13. The first-order valence-electron chi connectivity index (χ1n) is 5.12. The molecule has 0 heterocycles. The van der Waals surface area contributed by atoms with Crippen LogP contribution in [0.3, 0.4) is 0 Å². The zero-order chi connectivity index (χ0) is 11.1. The second-order valence-electron chi connectivity index (χ2n) is 3.82.